The number of nitrogens with zero attached hydrogens (tertiary/aromatic N) is 3. The number of aromatic amines is 1. The van der Waals surface area contributed by atoms with Crippen LogP contribution in [0.25, 0.3) is 11.5 Å². The summed E-state index contributed by atoms with van der Waals surface area (Å²) in [6, 6.07) is 0. The first-order chi connectivity index (χ1) is 8.20. The highest BCUT2D eigenvalue weighted by molar-refractivity contribution is 7.99. The topological polar surface area (TPSA) is 144 Å². The summed E-state index contributed by atoms with van der Waals surface area (Å²) < 4.78 is 8.88. The number of nitrogens with two attached hydrogens (primary N) is 1. The Kier molecular flexibility index (Phi) is 3.56. The van der Waals surface area contributed by atoms with E-state index in [2.05, 4.69) is 29.6 Å². The van der Waals surface area contributed by atoms with Crippen molar-refractivity contribution in [1.82, 2.24) is 20.5 Å². The maximum Gasteiger partial charge on any atom is 0.439 e. The highest BCUT2D eigenvalue weighted by Crippen LogP contribution is 2.25. The van der Waals surface area contributed by atoms with Crippen molar-refractivity contribution in [2.24, 2.45) is 5.73 Å². The number of aliphatic hydroxyl groups excluding tert-OH is 1. The summed E-state index contributed by atoms with van der Waals surface area (Å²) in [5.74, 6) is -0.235. The zero-order valence-electron chi connectivity index (χ0n) is 8.49. The Morgan fingerprint density at radius 2 is 2.29 bits per heavy atom. The van der Waals surface area contributed by atoms with E-state index in [-0.39, 0.29) is 18.1 Å². The Balaban J connectivity index is 2.14. The third-order valence-electron chi connectivity index (χ3n) is 1.81. The summed E-state index contributed by atoms with van der Waals surface area (Å²) in [6.45, 7) is 0.147. The average molecular weight is 259 g/mol. The Morgan fingerprint density at radius 3 is 2.94 bits per heavy atom. The van der Waals surface area contributed by atoms with Gasteiger partial charge in [0.15, 0.2) is 10.7 Å². The summed E-state index contributed by atoms with van der Waals surface area (Å²) in [6.07, 6.45) is -0.652. The van der Waals surface area contributed by atoms with Crippen molar-refractivity contribution in [3.63, 3.8) is 0 Å². The quantitative estimate of drug-likeness (QED) is 0.565. The molecule has 1 atom stereocenters. The third kappa shape index (κ3) is 2.72. The summed E-state index contributed by atoms with van der Waals surface area (Å²) in [5, 5.41) is 20.4. The molecule has 2 aromatic rings. The van der Waals surface area contributed by atoms with Crippen LogP contribution in [0.2, 0.25) is 0 Å². The maximum absolute atomic E-state index is 10.8. The lowest BCUT2D eigenvalue weighted by Gasteiger charge is -2.04. The van der Waals surface area contributed by atoms with Crippen molar-refractivity contribution in [2.45, 2.75) is 11.1 Å². The number of thioether (sulfide) groups is 1. The second-order valence-electron chi connectivity index (χ2n) is 3.06. The minimum Gasteiger partial charge on any atom is -0.391 e. The predicted molar refractivity (Wildman–Crippen MR) is 56.2 cm³/mol. The molecule has 0 aromatic carbocycles. The molecule has 0 fully saturated rings. The highest BCUT2D eigenvalue weighted by atomic mass is 32.2. The van der Waals surface area contributed by atoms with E-state index in [4.69, 9.17) is 5.73 Å². The van der Waals surface area contributed by atoms with Crippen LogP contribution >= 0.6 is 11.8 Å². The van der Waals surface area contributed by atoms with E-state index < -0.39 is 11.9 Å². The molecule has 0 aliphatic rings. The lowest BCUT2D eigenvalue weighted by molar-refractivity contribution is 0.208. The molecule has 0 saturated carbocycles. The molecule has 1 unspecified atom stereocenters. The standard InChI is InChI=1S/C7H9N5O4S/c8-1-3(13)2-17-6-4(10-16-12-6)5-9-7(14)15-11-5/h3,13H,1-2,8H2,(H,9,11,14). The van der Waals surface area contributed by atoms with Gasteiger partial charge in [-0.05, 0) is 10.3 Å². The fourth-order valence-corrected chi connectivity index (χ4v) is 1.84. The number of hydrogen-bond acceptors (Lipinski definition) is 9. The van der Waals surface area contributed by atoms with Gasteiger partial charge in [0, 0.05) is 12.3 Å². The SMILES string of the molecule is NCC(O)CSc1nonc1-c1noc(=O)[nH]1. The van der Waals surface area contributed by atoms with Gasteiger partial charge in [-0.3, -0.25) is 9.51 Å². The molecule has 0 bridgehead atoms. The molecule has 0 amide bonds. The number of rotatable bonds is 5. The van der Waals surface area contributed by atoms with Crippen LogP contribution in [0.3, 0.4) is 0 Å². The first kappa shape index (κ1) is 11.8. The van der Waals surface area contributed by atoms with Crippen LogP contribution in [0.4, 0.5) is 0 Å². The van der Waals surface area contributed by atoms with Gasteiger partial charge in [-0.1, -0.05) is 16.9 Å². The number of aromatic nitrogens is 4. The monoisotopic (exact) mass is 259 g/mol. The minimum absolute atomic E-state index is 0.126. The highest BCUT2D eigenvalue weighted by Gasteiger charge is 2.18. The van der Waals surface area contributed by atoms with E-state index >= 15 is 0 Å². The van der Waals surface area contributed by atoms with Crippen LogP contribution in [0.5, 0.6) is 0 Å². The summed E-state index contributed by atoms with van der Waals surface area (Å²) in [5.41, 5.74) is 5.52. The fourth-order valence-electron chi connectivity index (χ4n) is 0.995. The molecular formula is C7H9N5O4S. The van der Waals surface area contributed by atoms with Crippen molar-refractivity contribution in [2.75, 3.05) is 12.3 Å². The molecule has 4 N–H and O–H groups in total. The molecule has 0 radical (unpaired) electrons. The third-order valence-corrected chi connectivity index (χ3v) is 2.90. The molecule has 2 aromatic heterocycles. The lowest BCUT2D eigenvalue weighted by Crippen LogP contribution is -2.21. The van der Waals surface area contributed by atoms with Crippen LogP contribution in [0.15, 0.2) is 19.0 Å². The van der Waals surface area contributed by atoms with Crippen LogP contribution in [0, 0.1) is 0 Å². The van der Waals surface area contributed by atoms with Gasteiger partial charge in [0.05, 0.1) is 6.10 Å². The van der Waals surface area contributed by atoms with E-state index in [1.807, 2.05) is 0 Å². The molecule has 2 rings (SSSR count). The van der Waals surface area contributed by atoms with Crippen molar-refractivity contribution in [3.8, 4) is 11.5 Å². The predicted octanol–water partition coefficient (Wildman–Crippen LogP) is -1.18. The number of H-pyrrole nitrogens is 1. The summed E-state index contributed by atoms with van der Waals surface area (Å²) in [4.78, 5) is 13.1. The number of hydrogen-bond donors (Lipinski definition) is 3. The smallest absolute Gasteiger partial charge is 0.391 e. The molecule has 17 heavy (non-hydrogen) atoms. The van der Waals surface area contributed by atoms with E-state index in [1.165, 1.54) is 11.8 Å². The van der Waals surface area contributed by atoms with Crippen LogP contribution < -0.4 is 11.5 Å². The van der Waals surface area contributed by atoms with Gasteiger partial charge < -0.3 is 10.8 Å². The van der Waals surface area contributed by atoms with Crippen molar-refractivity contribution < 1.29 is 14.3 Å². The number of nitrogens with one attached hydrogen (secondary N) is 1. The van der Waals surface area contributed by atoms with Gasteiger partial charge >= 0.3 is 5.76 Å². The zero-order valence-corrected chi connectivity index (χ0v) is 9.31. The Hall–Kier alpha value is -1.65. The van der Waals surface area contributed by atoms with Crippen molar-refractivity contribution >= 4 is 11.8 Å². The Labute approximate surface area is 98.3 Å². The first-order valence-corrected chi connectivity index (χ1v) is 5.59. The van der Waals surface area contributed by atoms with Crippen molar-refractivity contribution in [1.29, 1.82) is 0 Å². The Bertz CT molecular complexity index is 534. The van der Waals surface area contributed by atoms with Crippen LogP contribution in [-0.4, -0.2) is 44.0 Å². The molecule has 92 valence electrons. The molecule has 0 aliphatic carbocycles. The second-order valence-corrected chi connectivity index (χ2v) is 4.07. The normalized spacial score (nSPS) is 12.8. The Morgan fingerprint density at radius 1 is 1.47 bits per heavy atom. The lowest BCUT2D eigenvalue weighted by atomic mass is 10.4. The van der Waals surface area contributed by atoms with Gasteiger partial charge in [-0.25, -0.2) is 9.42 Å². The van der Waals surface area contributed by atoms with Gasteiger partial charge in [0.2, 0.25) is 5.82 Å². The fraction of sp³-hybridized carbons (Fsp3) is 0.429. The molecule has 2 heterocycles. The second kappa shape index (κ2) is 5.12. The average Bonchev–Trinajstić information content (AvgIpc) is 2.93. The van der Waals surface area contributed by atoms with Gasteiger partial charge in [-0.15, -0.1) is 0 Å². The van der Waals surface area contributed by atoms with Crippen LogP contribution in [-0.2, 0) is 0 Å². The first-order valence-electron chi connectivity index (χ1n) is 4.60. The molecule has 0 spiro atoms. The molecule has 0 saturated heterocycles. The summed E-state index contributed by atoms with van der Waals surface area (Å²) in [7, 11) is 0. The summed E-state index contributed by atoms with van der Waals surface area (Å²) >= 11 is 1.19. The number of aliphatic hydroxyl groups is 1. The zero-order chi connectivity index (χ0) is 12.3. The minimum atomic E-state index is -0.694. The molecule has 10 heteroatoms. The van der Waals surface area contributed by atoms with E-state index in [9.17, 15) is 9.90 Å². The van der Waals surface area contributed by atoms with Crippen molar-refractivity contribution in [3.05, 3.63) is 10.6 Å². The maximum atomic E-state index is 10.8. The largest absolute Gasteiger partial charge is 0.439 e. The molecule has 0 aliphatic heterocycles. The van der Waals surface area contributed by atoms with Gasteiger partial charge in [-0.2, -0.15) is 0 Å². The molecule has 9 nitrogen and oxygen atoms in total. The van der Waals surface area contributed by atoms with Crippen LogP contribution in [0.1, 0.15) is 0 Å². The van der Waals surface area contributed by atoms with Gasteiger partial charge in [0.1, 0.15) is 0 Å². The van der Waals surface area contributed by atoms with E-state index in [1.54, 1.807) is 0 Å². The van der Waals surface area contributed by atoms with Gasteiger partial charge in [0.25, 0.3) is 0 Å². The van der Waals surface area contributed by atoms with E-state index in [0.717, 1.165) is 0 Å². The van der Waals surface area contributed by atoms with E-state index in [0.29, 0.717) is 10.8 Å². The molecular weight excluding hydrogens is 250 g/mol.